The number of allylic oxidation sites excluding steroid dienone is 1. The van der Waals surface area contributed by atoms with Gasteiger partial charge in [0.1, 0.15) is 6.04 Å². The van der Waals surface area contributed by atoms with Gasteiger partial charge in [0.25, 0.3) is 0 Å². The number of esters is 1. The molecule has 2 N–H and O–H groups in total. The van der Waals surface area contributed by atoms with Crippen molar-refractivity contribution in [1.82, 2.24) is 4.90 Å². The molecule has 0 unspecified atom stereocenters. The highest BCUT2D eigenvalue weighted by molar-refractivity contribution is 6.02. The molecule has 1 aromatic rings. The van der Waals surface area contributed by atoms with Gasteiger partial charge in [0, 0.05) is 24.8 Å². The number of amides is 2. The summed E-state index contributed by atoms with van der Waals surface area (Å²) in [5.41, 5.74) is 2.71. The number of ether oxygens (including phenoxy) is 1. The standard InChI is InChI=1S/C26H36N2O5/c1-5-33-26(32)21-18(4)11-12-19-22(21)25(31)28(13-7-6-8-14-29)23(19)24(30)27-20-15-16(2)9-10-17(20)3/h9-12,15,18-19,21-23,29H,5-8,13-14H2,1-4H3,(H,27,30)/t18-,19+,21-,22-,23+/m1/s1. The van der Waals surface area contributed by atoms with E-state index in [0.717, 1.165) is 23.2 Å². The van der Waals surface area contributed by atoms with E-state index in [1.807, 2.05) is 51.1 Å². The molecule has 33 heavy (non-hydrogen) atoms. The molecule has 2 amide bonds. The molecule has 1 aliphatic carbocycles. The number of nitrogens with zero attached hydrogens (tertiary/aromatic N) is 1. The highest BCUT2D eigenvalue weighted by Gasteiger charge is 2.56. The van der Waals surface area contributed by atoms with Gasteiger partial charge in [-0.3, -0.25) is 14.4 Å². The van der Waals surface area contributed by atoms with Crippen LogP contribution in [0.5, 0.6) is 0 Å². The van der Waals surface area contributed by atoms with Crippen LogP contribution in [0.4, 0.5) is 5.69 Å². The number of hydrogen-bond donors (Lipinski definition) is 2. The second kappa shape index (κ2) is 11.0. The number of nitrogens with one attached hydrogen (secondary N) is 1. The number of hydrogen-bond acceptors (Lipinski definition) is 5. The van der Waals surface area contributed by atoms with Gasteiger partial charge in [0.05, 0.1) is 18.4 Å². The van der Waals surface area contributed by atoms with Gasteiger partial charge < -0.3 is 20.1 Å². The Morgan fingerprint density at radius 3 is 2.61 bits per heavy atom. The third kappa shape index (κ3) is 5.29. The van der Waals surface area contributed by atoms with Gasteiger partial charge in [0.2, 0.25) is 11.8 Å². The van der Waals surface area contributed by atoms with Gasteiger partial charge in [-0.15, -0.1) is 0 Å². The molecular formula is C26H36N2O5. The first kappa shape index (κ1) is 25.0. The number of aliphatic hydroxyl groups excluding tert-OH is 1. The van der Waals surface area contributed by atoms with E-state index in [2.05, 4.69) is 5.32 Å². The second-order valence-electron chi connectivity index (χ2n) is 9.19. The monoisotopic (exact) mass is 456 g/mol. The Kier molecular flexibility index (Phi) is 8.30. The van der Waals surface area contributed by atoms with Gasteiger partial charge >= 0.3 is 5.97 Å². The molecule has 0 aromatic heterocycles. The van der Waals surface area contributed by atoms with Crippen LogP contribution in [-0.4, -0.2) is 53.6 Å². The van der Waals surface area contributed by atoms with Gasteiger partial charge in [-0.05, 0) is 63.1 Å². The van der Waals surface area contributed by atoms with E-state index >= 15 is 0 Å². The average molecular weight is 457 g/mol. The molecule has 0 bridgehead atoms. The smallest absolute Gasteiger partial charge is 0.310 e. The third-order valence-corrected chi connectivity index (χ3v) is 6.81. The maximum absolute atomic E-state index is 13.6. The third-order valence-electron chi connectivity index (χ3n) is 6.81. The molecule has 1 aliphatic heterocycles. The van der Waals surface area contributed by atoms with E-state index in [1.165, 1.54) is 0 Å². The Balaban J connectivity index is 1.92. The molecule has 1 aromatic carbocycles. The van der Waals surface area contributed by atoms with Crippen LogP contribution >= 0.6 is 0 Å². The van der Waals surface area contributed by atoms with Crippen LogP contribution in [0.1, 0.15) is 44.2 Å². The summed E-state index contributed by atoms with van der Waals surface area (Å²) in [6, 6.07) is 5.17. The number of unbranched alkanes of at least 4 members (excludes halogenated alkanes) is 2. The normalized spacial score (nSPS) is 26.3. The van der Waals surface area contributed by atoms with Gasteiger partial charge in [0.15, 0.2) is 0 Å². The van der Waals surface area contributed by atoms with Crippen LogP contribution in [0, 0.1) is 37.5 Å². The van der Waals surface area contributed by atoms with Gasteiger partial charge in [-0.2, -0.15) is 0 Å². The molecular weight excluding hydrogens is 420 g/mol. The summed E-state index contributed by atoms with van der Waals surface area (Å²) in [6.07, 6.45) is 5.96. The lowest BCUT2D eigenvalue weighted by Gasteiger charge is -2.32. The molecule has 7 nitrogen and oxygen atoms in total. The van der Waals surface area contributed by atoms with Crippen molar-refractivity contribution >= 4 is 23.5 Å². The van der Waals surface area contributed by atoms with Crippen LogP contribution in [0.2, 0.25) is 0 Å². The molecule has 1 heterocycles. The van der Waals surface area contributed by atoms with Crippen LogP contribution in [0.3, 0.4) is 0 Å². The topological polar surface area (TPSA) is 95.9 Å². The van der Waals surface area contributed by atoms with Crippen molar-refractivity contribution in [3.8, 4) is 0 Å². The van der Waals surface area contributed by atoms with Gasteiger partial charge in [-0.1, -0.05) is 31.2 Å². The zero-order valence-electron chi connectivity index (χ0n) is 20.0. The highest BCUT2D eigenvalue weighted by atomic mass is 16.5. The van der Waals surface area contributed by atoms with Gasteiger partial charge in [-0.25, -0.2) is 0 Å². The van der Waals surface area contributed by atoms with Crippen molar-refractivity contribution in [1.29, 1.82) is 0 Å². The van der Waals surface area contributed by atoms with Crippen molar-refractivity contribution in [3.63, 3.8) is 0 Å². The summed E-state index contributed by atoms with van der Waals surface area (Å²) in [7, 11) is 0. The van der Waals surface area contributed by atoms with Crippen molar-refractivity contribution in [2.75, 3.05) is 25.1 Å². The Morgan fingerprint density at radius 2 is 1.91 bits per heavy atom. The lowest BCUT2D eigenvalue weighted by Crippen LogP contribution is -2.44. The average Bonchev–Trinajstić information content (AvgIpc) is 3.05. The van der Waals surface area contributed by atoms with E-state index in [9.17, 15) is 14.4 Å². The van der Waals surface area contributed by atoms with Crippen LogP contribution in [-0.2, 0) is 19.1 Å². The summed E-state index contributed by atoms with van der Waals surface area (Å²) in [5, 5.41) is 12.1. The Hall–Kier alpha value is -2.67. The largest absolute Gasteiger partial charge is 0.466 e. The number of likely N-dealkylation sites (tertiary alicyclic amines) is 1. The van der Waals surface area contributed by atoms with E-state index in [1.54, 1.807) is 11.8 Å². The van der Waals surface area contributed by atoms with Crippen LogP contribution in [0.25, 0.3) is 0 Å². The van der Waals surface area contributed by atoms with Crippen molar-refractivity contribution in [2.24, 2.45) is 23.7 Å². The number of benzene rings is 1. The SMILES string of the molecule is CCOC(=O)[C@H]1[C@@H]2C(=O)N(CCCCCO)[C@H](C(=O)Nc3cc(C)ccc3C)[C@H]2C=C[C@H]1C. The minimum absolute atomic E-state index is 0.0981. The van der Waals surface area contributed by atoms with Crippen LogP contribution in [0.15, 0.2) is 30.4 Å². The second-order valence-corrected chi connectivity index (χ2v) is 9.19. The number of carbonyl (C=O) groups excluding carboxylic acids is 3. The number of carbonyl (C=O) groups is 3. The zero-order valence-corrected chi connectivity index (χ0v) is 20.0. The molecule has 5 atom stereocenters. The number of anilines is 1. The summed E-state index contributed by atoms with van der Waals surface area (Å²) in [6.45, 7) is 8.32. The first-order chi connectivity index (χ1) is 15.8. The Bertz CT molecular complexity index is 912. The summed E-state index contributed by atoms with van der Waals surface area (Å²) in [5.74, 6) is -2.55. The first-order valence-corrected chi connectivity index (χ1v) is 11.9. The van der Waals surface area contributed by atoms with Crippen molar-refractivity contribution < 1.29 is 24.2 Å². The van der Waals surface area contributed by atoms with E-state index in [0.29, 0.717) is 19.4 Å². The minimum Gasteiger partial charge on any atom is -0.466 e. The molecule has 180 valence electrons. The Morgan fingerprint density at radius 1 is 1.15 bits per heavy atom. The number of aliphatic hydroxyl groups is 1. The molecule has 0 saturated carbocycles. The molecule has 2 aliphatic rings. The molecule has 7 heteroatoms. The predicted octanol–water partition coefficient (Wildman–Crippen LogP) is 3.23. The maximum atomic E-state index is 13.6. The van der Waals surface area contributed by atoms with E-state index in [-0.39, 0.29) is 36.9 Å². The lowest BCUT2D eigenvalue weighted by atomic mass is 9.70. The molecule has 0 spiro atoms. The van der Waals surface area contributed by atoms with Crippen LogP contribution < -0.4 is 5.32 Å². The number of fused-ring (bicyclic) bond motifs is 1. The fourth-order valence-electron chi connectivity index (χ4n) is 5.08. The fraction of sp³-hybridized carbons (Fsp3) is 0.577. The van der Waals surface area contributed by atoms with E-state index in [4.69, 9.17) is 9.84 Å². The molecule has 1 fully saturated rings. The predicted molar refractivity (Wildman–Crippen MR) is 126 cm³/mol. The molecule has 3 rings (SSSR count). The number of aryl methyl sites for hydroxylation is 2. The maximum Gasteiger partial charge on any atom is 0.310 e. The molecule has 1 saturated heterocycles. The Labute approximate surface area is 196 Å². The minimum atomic E-state index is -0.697. The van der Waals surface area contributed by atoms with E-state index < -0.39 is 23.8 Å². The molecule has 0 radical (unpaired) electrons. The van der Waals surface area contributed by atoms with Crippen molar-refractivity contribution in [3.05, 3.63) is 41.5 Å². The highest BCUT2D eigenvalue weighted by Crippen LogP contribution is 2.44. The summed E-state index contributed by atoms with van der Waals surface area (Å²) >= 11 is 0. The van der Waals surface area contributed by atoms with Crippen molar-refractivity contribution in [2.45, 2.75) is 53.0 Å². The summed E-state index contributed by atoms with van der Waals surface area (Å²) in [4.78, 5) is 41.6. The quantitative estimate of drug-likeness (QED) is 0.338. The number of rotatable bonds is 9. The lowest BCUT2D eigenvalue weighted by molar-refractivity contribution is -0.155. The zero-order chi connectivity index (χ0) is 24.1. The summed E-state index contributed by atoms with van der Waals surface area (Å²) < 4.78 is 5.31. The fourth-order valence-corrected chi connectivity index (χ4v) is 5.08. The first-order valence-electron chi connectivity index (χ1n) is 11.9.